The van der Waals surface area contributed by atoms with Crippen LogP contribution in [0.3, 0.4) is 0 Å². The highest BCUT2D eigenvalue weighted by Gasteiger charge is 2.55. The Morgan fingerprint density at radius 3 is 2.03 bits per heavy atom. The Bertz CT molecular complexity index is 821. The first kappa shape index (κ1) is 22.9. The Balaban J connectivity index is 1.16. The molecule has 1 aromatic rings. The van der Waals surface area contributed by atoms with Crippen LogP contribution in [-0.4, -0.2) is 35.8 Å². The third-order valence-corrected chi connectivity index (χ3v) is 8.85. The molecule has 0 aromatic heterocycles. The van der Waals surface area contributed by atoms with Gasteiger partial charge in [-0.1, -0.05) is 38.1 Å². The molecule has 1 heterocycles. The summed E-state index contributed by atoms with van der Waals surface area (Å²) in [5.41, 5.74) is 2.21. The molecule has 1 atom stereocenters. The van der Waals surface area contributed by atoms with Crippen molar-refractivity contribution in [2.75, 3.05) is 13.1 Å². The van der Waals surface area contributed by atoms with E-state index in [2.05, 4.69) is 39.8 Å². The van der Waals surface area contributed by atoms with Crippen molar-refractivity contribution >= 4 is 11.8 Å². The molecule has 180 valence electrons. The highest BCUT2D eigenvalue weighted by atomic mass is 16.2. The zero-order valence-electron chi connectivity index (χ0n) is 20.4. The van der Waals surface area contributed by atoms with Crippen LogP contribution in [-0.2, 0) is 22.7 Å². The molecule has 5 aliphatic rings. The van der Waals surface area contributed by atoms with Crippen LogP contribution in [0.15, 0.2) is 24.3 Å². The van der Waals surface area contributed by atoms with Crippen LogP contribution in [0, 0.1) is 29.1 Å². The molecule has 5 heteroatoms. The zero-order chi connectivity index (χ0) is 23.0. The van der Waals surface area contributed by atoms with E-state index in [9.17, 15) is 9.59 Å². The molecule has 0 spiro atoms. The van der Waals surface area contributed by atoms with Crippen LogP contribution in [0.2, 0.25) is 0 Å². The Morgan fingerprint density at radius 2 is 1.48 bits per heavy atom. The van der Waals surface area contributed by atoms with E-state index in [4.69, 9.17) is 0 Å². The van der Waals surface area contributed by atoms with Gasteiger partial charge in [0.2, 0.25) is 11.8 Å². The number of rotatable bonds is 8. The third-order valence-electron chi connectivity index (χ3n) is 8.85. The van der Waals surface area contributed by atoms with Crippen molar-refractivity contribution < 1.29 is 9.59 Å². The Kier molecular flexibility index (Phi) is 6.52. The predicted molar refractivity (Wildman–Crippen MR) is 130 cm³/mol. The number of carbonyl (C=O) groups excluding carboxylic acids is 2. The first-order chi connectivity index (χ1) is 15.9. The number of hydrogen-bond donors (Lipinski definition) is 2. The highest BCUT2D eigenvalue weighted by Crippen LogP contribution is 2.60. The largest absolute Gasteiger partial charge is 0.350 e. The van der Waals surface area contributed by atoms with Gasteiger partial charge >= 0.3 is 0 Å². The predicted octanol–water partition coefficient (Wildman–Crippen LogP) is 4.26. The lowest BCUT2D eigenvalue weighted by Crippen LogP contribution is -2.58. The van der Waals surface area contributed by atoms with Gasteiger partial charge in [0, 0.05) is 18.5 Å². The third kappa shape index (κ3) is 4.99. The average molecular weight is 452 g/mol. The van der Waals surface area contributed by atoms with E-state index in [1.54, 1.807) is 0 Å². The summed E-state index contributed by atoms with van der Waals surface area (Å²) in [5, 5.41) is 6.29. The summed E-state index contributed by atoms with van der Waals surface area (Å²) in [4.78, 5) is 29.1. The number of benzene rings is 1. The monoisotopic (exact) mass is 451 g/mol. The van der Waals surface area contributed by atoms with Crippen LogP contribution >= 0.6 is 0 Å². The SMILES string of the molecule is CC(C)C(NC(=O)C12CC3CC(CC(C3)C1)C2)C(=O)NCc1ccc(CN2CCCC2)cc1. The molecular formula is C28H41N3O2. The van der Waals surface area contributed by atoms with Crippen LogP contribution in [0.1, 0.15) is 76.3 Å². The summed E-state index contributed by atoms with van der Waals surface area (Å²) in [5.74, 6) is 2.31. The fourth-order valence-electron chi connectivity index (χ4n) is 7.48. The summed E-state index contributed by atoms with van der Waals surface area (Å²) < 4.78 is 0. The fraction of sp³-hybridized carbons (Fsp3) is 0.714. The number of nitrogens with zero attached hydrogens (tertiary/aromatic N) is 1. The Labute approximate surface area is 199 Å². The lowest BCUT2D eigenvalue weighted by atomic mass is 9.49. The maximum atomic E-state index is 13.5. The molecule has 4 bridgehead atoms. The van der Waals surface area contributed by atoms with E-state index < -0.39 is 6.04 Å². The molecule has 1 aliphatic heterocycles. The summed E-state index contributed by atoms with van der Waals surface area (Å²) in [7, 11) is 0. The van der Waals surface area contributed by atoms with Crippen molar-refractivity contribution in [2.45, 2.75) is 84.3 Å². The standard InChI is InChI=1S/C28H41N3O2/c1-19(2)25(30-27(33)28-14-22-11-23(15-28)13-24(12-22)16-28)26(32)29-17-20-5-7-21(8-6-20)18-31-9-3-4-10-31/h5-8,19,22-25H,3-4,9-18H2,1-2H3,(H,29,32)(H,30,33). The molecule has 1 saturated heterocycles. The summed E-state index contributed by atoms with van der Waals surface area (Å²) in [6.07, 6.45) is 9.65. The van der Waals surface area contributed by atoms with Gasteiger partial charge in [0.25, 0.3) is 0 Å². The maximum absolute atomic E-state index is 13.5. The molecule has 2 amide bonds. The second-order valence-corrected chi connectivity index (χ2v) is 11.9. The lowest BCUT2D eigenvalue weighted by Gasteiger charge is -2.55. The van der Waals surface area contributed by atoms with E-state index >= 15 is 0 Å². The molecule has 4 saturated carbocycles. The molecule has 2 N–H and O–H groups in total. The van der Waals surface area contributed by atoms with Crippen LogP contribution in [0.5, 0.6) is 0 Å². The van der Waals surface area contributed by atoms with Crippen LogP contribution < -0.4 is 10.6 Å². The van der Waals surface area contributed by atoms with Gasteiger partial charge in [-0.3, -0.25) is 14.5 Å². The molecule has 0 radical (unpaired) electrons. The van der Waals surface area contributed by atoms with Gasteiger partial charge in [-0.05, 0) is 99.3 Å². The molecule has 1 aromatic carbocycles. The number of nitrogens with one attached hydrogen (secondary N) is 2. The molecule has 6 rings (SSSR count). The van der Waals surface area contributed by atoms with Gasteiger partial charge in [0.1, 0.15) is 6.04 Å². The van der Waals surface area contributed by atoms with Crippen molar-refractivity contribution in [3.05, 3.63) is 35.4 Å². The van der Waals surface area contributed by atoms with Crippen molar-refractivity contribution in [3.63, 3.8) is 0 Å². The highest BCUT2D eigenvalue weighted by molar-refractivity contribution is 5.90. The smallest absolute Gasteiger partial charge is 0.243 e. The number of carbonyl (C=O) groups is 2. The van der Waals surface area contributed by atoms with E-state index in [1.807, 2.05) is 13.8 Å². The number of hydrogen-bond acceptors (Lipinski definition) is 3. The van der Waals surface area contributed by atoms with Crippen molar-refractivity contribution in [1.82, 2.24) is 15.5 Å². The average Bonchev–Trinajstić information content (AvgIpc) is 3.28. The fourth-order valence-corrected chi connectivity index (χ4v) is 7.48. The zero-order valence-corrected chi connectivity index (χ0v) is 20.4. The minimum Gasteiger partial charge on any atom is -0.350 e. The van der Waals surface area contributed by atoms with Crippen molar-refractivity contribution in [2.24, 2.45) is 29.1 Å². The van der Waals surface area contributed by atoms with Crippen LogP contribution in [0.4, 0.5) is 0 Å². The molecule has 5 fully saturated rings. The van der Waals surface area contributed by atoms with E-state index in [0.29, 0.717) is 6.54 Å². The number of amides is 2. The van der Waals surface area contributed by atoms with Crippen LogP contribution in [0.25, 0.3) is 0 Å². The first-order valence-corrected chi connectivity index (χ1v) is 13.3. The van der Waals surface area contributed by atoms with Gasteiger partial charge in [-0.2, -0.15) is 0 Å². The first-order valence-electron chi connectivity index (χ1n) is 13.3. The minimum atomic E-state index is -0.472. The molecule has 1 unspecified atom stereocenters. The summed E-state index contributed by atoms with van der Waals surface area (Å²) >= 11 is 0. The minimum absolute atomic E-state index is 0.0608. The topological polar surface area (TPSA) is 61.4 Å². The number of likely N-dealkylation sites (tertiary alicyclic amines) is 1. The van der Waals surface area contributed by atoms with E-state index in [-0.39, 0.29) is 23.1 Å². The van der Waals surface area contributed by atoms with Crippen molar-refractivity contribution in [1.29, 1.82) is 0 Å². The maximum Gasteiger partial charge on any atom is 0.243 e. The van der Waals surface area contributed by atoms with Gasteiger partial charge in [0.05, 0.1) is 0 Å². The molecule has 4 aliphatic carbocycles. The molecule has 33 heavy (non-hydrogen) atoms. The quantitative estimate of drug-likeness (QED) is 0.621. The molecule has 5 nitrogen and oxygen atoms in total. The van der Waals surface area contributed by atoms with E-state index in [0.717, 1.165) is 49.1 Å². The van der Waals surface area contributed by atoms with Gasteiger partial charge < -0.3 is 10.6 Å². The Hall–Kier alpha value is -1.88. The van der Waals surface area contributed by atoms with Gasteiger partial charge in [-0.25, -0.2) is 0 Å². The Morgan fingerprint density at radius 1 is 0.939 bits per heavy atom. The van der Waals surface area contributed by atoms with E-state index in [1.165, 1.54) is 50.8 Å². The molecular weight excluding hydrogens is 410 g/mol. The normalized spacial score (nSPS) is 31.7. The summed E-state index contributed by atoms with van der Waals surface area (Å²) in [6, 6.07) is 8.11. The van der Waals surface area contributed by atoms with Gasteiger partial charge in [0.15, 0.2) is 0 Å². The second-order valence-electron chi connectivity index (χ2n) is 11.9. The summed E-state index contributed by atoms with van der Waals surface area (Å²) in [6.45, 7) is 7.96. The van der Waals surface area contributed by atoms with Gasteiger partial charge in [-0.15, -0.1) is 0 Å². The lowest BCUT2D eigenvalue weighted by molar-refractivity contribution is -0.149. The second kappa shape index (κ2) is 9.40. The van der Waals surface area contributed by atoms with Crippen molar-refractivity contribution in [3.8, 4) is 0 Å².